The number of hydrogen-bond acceptors (Lipinski definition) is 3. The Labute approximate surface area is 123 Å². The molecule has 0 radical (unpaired) electrons. The molecule has 1 heterocycles. The van der Waals surface area contributed by atoms with Crippen LogP contribution in [0.2, 0.25) is 25.7 Å². The van der Waals surface area contributed by atoms with E-state index < -0.39 is 8.07 Å². The summed E-state index contributed by atoms with van der Waals surface area (Å²) in [6, 6.07) is 4.98. The van der Waals surface area contributed by atoms with Crippen molar-refractivity contribution in [1.82, 2.24) is 9.78 Å². The molecule has 0 saturated carbocycles. The van der Waals surface area contributed by atoms with Crippen molar-refractivity contribution < 1.29 is 4.74 Å². The molecule has 6 heteroatoms. The van der Waals surface area contributed by atoms with E-state index in [1.165, 1.54) is 0 Å². The minimum Gasteiger partial charge on any atom is -0.397 e. The SMILES string of the molecule is C[Si](C)(C)CCOCn1ncc2c(Br)ccc(N)c21. The number of rotatable bonds is 5. The number of ether oxygens (including phenoxy) is 1. The van der Waals surface area contributed by atoms with Crippen LogP contribution < -0.4 is 5.73 Å². The van der Waals surface area contributed by atoms with E-state index >= 15 is 0 Å². The first kappa shape index (κ1) is 14.6. The monoisotopic (exact) mass is 341 g/mol. The normalized spacial score (nSPS) is 12.2. The zero-order chi connectivity index (χ0) is 14.0. The van der Waals surface area contributed by atoms with Gasteiger partial charge in [0, 0.05) is 24.5 Å². The smallest absolute Gasteiger partial charge is 0.140 e. The van der Waals surface area contributed by atoms with Crippen molar-refractivity contribution in [3.05, 3.63) is 22.8 Å². The Bertz CT molecular complexity index is 577. The van der Waals surface area contributed by atoms with E-state index in [1.54, 1.807) is 0 Å². The molecule has 0 unspecified atom stereocenters. The topological polar surface area (TPSA) is 53.1 Å². The third kappa shape index (κ3) is 3.58. The predicted octanol–water partition coefficient (Wildman–Crippen LogP) is 3.69. The first-order valence-corrected chi connectivity index (χ1v) is 10.9. The Hall–Kier alpha value is -0.853. The van der Waals surface area contributed by atoms with Crippen LogP contribution in [0.5, 0.6) is 0 Å². The summed E-state index contributed by atoms with van der Waals surface area (Å²) in [5.41, 5.74) is 7.67. The number of nitrogens with zero attached hydrogens (tertiary/aromatic N) is 2. The number of benzene rings is 1. The van der Waals surface area contributed by atoms with Crippen molar-refractivity contribution in [3.8, 4) is 0 Å². The second-order valence-electron chi connectivity index (χ2n) is 5.89. The molecule has 0 saturated heterocycles. The lowest BCUT2D eigenvalue weighted by molar-refractivity contribution is 0.0817. The van der Waals surface area contributed by atoms with E-state index in [0.717, 1.165) is 33.7 Å². The van der Waals surface area contributed by atoms with Crippen LogP contribution in [0.25, 0.3) is 10.9 Å². The van der Waals surface area contributed by atoms with Crippen molar-refractivity contribution in [2.24, 2.45) is 0 Å². The molecule has 2 rings (SSSR count). The van der Waals surface area contributed by atoms with Crippen LogP contribution in [0.3, 0.4) is 0 Å². The minimum absolute atomic E-state index is 0.453. The molecule has 0 aliphatic rings. The zero-order valence-corrected chi connectivity index (χ0v) is 14.2. The molecule has 1 aromatic carbocycles. The van der Waals surface area contributed by atoms with Gasteiger partial charge in [-0.1, -0.05) is 35.6 Å². The first-order chi connectivity index (χ1) is 8.88. The van der Waals surface area contributed by atoms with Gasteiger partial charge in [-0.3, -0.25) is 0 Å². The summed E-state index contributed by atoms with van der Waals surface area (Å²) in [5, 5.41) is 5.37. The van der Waals surface area contributed by atoms with Gasteiger partial charge in [-0.2, -0.15) is 5.10 Å². The number of anilines is 1. The first-order valence-electron chi connectivity index (χ1n) is 6.36. The number of hydrogen-bond donors (Lipinski definition) is 1. The number of fused-ring (bicyclic) bond motifs is 1. The van der Waals surface area contributed by atoms with E-state index in [9.17, 15) is 0 Å². The second-order valence-corrected chi connectivity index (χ2v) is 12.4. The molecule has 2 aromatic rings. The molecule has 1 aromatic heterocycles. The number of nitrogens with two attached hydrogens (primary N) is 1. The van der Waals surface area contributed by atoms with Crippen molar-refractivity contribution in [2.45, 2.75) is 32.4 Å². The maximum atomic E-state index is 6.01. The average Bonchev–Trinajstić information content (AvgIpc) is 2.73. The van der Waals surface area contributed by atoms with Gasteiger partial charge in [-0.05, 0) is 18.2 Å². The van der Waals surface area contributed by atoms with Crippen LogP contribution in [0.1, 0.15) is 0 Å². The molecule has 0 aliphatic carbocycles. The molecule has 19 heavy (non-hydrogen) atoms. The number of halogens is 1. The Morgan fingerprint density at radius 2 is 2.11 bits per heavy atom. The van der Waals surface area contributed by atoms with Crippen LogP contribution in [0.15, 0.2) is 22.8 Å². The van der Waals surface area contributed by atoms with E-state index in [0.29, 0.717) is 6.73 Å². The van der Waals surface area contributed by atoms with Gasteiger partial charge in [0.25, 0.3) is 0 Å². The van der Waals surface area contributed by atoms with Gasteiger partial charge in [0.05, 0.1) is 17.4 Å². The summed E-state index contributed by atoms with van der Waals surface area (Å²) in [6.45, 7) is 8.26. The zero-order valence-electron chi connectivity index (χ0n) is 11.6. The molecule has 0 spiro atoms. The van der Waals surface area contributed by atoms with Crippen molar-refractivity contribution >= 4 is 40.6 Å². The van der Waals surface area contributed by atoms with E-state index in [-0.39, 0.29) is 0 Å². The van der Waals surface area contributed by atoms with Crippen LogP contribution >= 0.6 is 15.9 Å². The fraction of sp³-hybridized carbons (Fsp3) is 0.462. The summed E-state index contributed by atoms with van der Waals surface area (Å²) < 4.78 is 8.55. The Kier molecular flexibility index (Phi) is 4.32. The standard InChI is InChI=1S/C13H20BrN3OSi/c1-19(2,3)7-6-18-9-17-13-10(8-16-17)11(14)4-5-12(13)15/h4-5,8H,6-7,9,15H2,1-3H3. The molecule has 0 bridgehead atoms. The highest BCUT2D eigenvalue weighted by molar-refractivity contribution is 9.10. The Morgan fingerprint density at radius 3 is 2.79 bits per heavy atom. The van der Waals surface area contributed by atoms with E-state index in [1.807, 2.05) is 23.0 Å². The molecular weight excluding hydrogens is 322 g/mol. The highest BCUT2D eigenvalue weighted by atomic mass is 79.9. The molecule has 4 nitrogen and oxygen atoms in total. The third-order valence-electron chi connectivity index (χ3n) is 2.99. The van der Waals surface area contributed by atoms with Gasteiger partial charge in [0.2, 0.25) is 0 Å². The lowest BCUT2D eigenvalue weighted by Gasteiger charge is -2.15. The average molecular weight is 342 g/mol. The summed E-state index contributed by atoms with van der Waals surface area (Å²) in [7, 11) is -1.04. The van der Waals surface area contributed by atoms with Gasteiger partial charge in [-0.25, -0.2) is 4.68 Å². The highest BCUT2D eigenvalue weighted by Gasteiger charge is 2.13. The number of nitrogen functional groups attached to an aromatic ring is 1. The van der Waals surface area contributed by atoms with Gasteiger partial charge >= 0.3 is 0 Å². The summed E-state index contributed by atoms with van der Waals surface area (Å²) in [4.78, 5) is 0. The maximum absolute atomic E-state index is 6.01. The molecule has 0 fully saturated rings. The highest BCUT2D eigenvalue weighted by Crippen LogP contribution is 2.28. The molecule has 0 amide bonds. The van der Waals surface area contributed by atoms with Crippen molar-refractivity contribution in [3.63, 3.8) is 0 Å². The van der Waals surface area contributed by atoms with Gasteiger partial charge in [0.1, 0.15) is 6.73 Å². The van der Waals surface area contributed by atoms with E-state index in [2.05, 4.69) is 40.7 Å². The molecule has 0 atom stereocenters. The summed E-state index contributed by atoms with van der Waals surface area (Å²) in [5.74, 6) is 0. The van der Waals surface area contributed by atoms with Crippen LogP contribution in [0, 0.1) is 0 Å². The molecule has 0 aliphatic heterocycles. The minimum atomic E-state index is -1.04. The van der Waals surface area contributed by atoms with Crippen LogP contribution in [-0.4, -0.2) is 24.5 Å². The molecule has 104 valence electrons. The fourth-order valence-electron chi connectivity index (χ4n) is 1.82. The van der Waals surface area contributed by atoms with E-state index in [4.69, 9.17) is 10.5 Å². The van der Waals surface area contributed by atoms with Crippen LogP contribution in [-0.2, 0) is 11.5 Å². The summed E-state index contributed by atoms with van der Waals surface area (Å²) in [6.07, 6.45) is 1.82. The van der Waals surface area contributed by atoms with Gasteiger partial charge < -0.3 is 10.5 Å². The molecular formula is C13H20BrN3OSi. The maximum Gasteiger partial charge on any atom is 0.140 e. The molecule has 2 N–H and O–H groups in total. The lowest BCUT2D eigenvalue weighted by atomic mass is 10.2. The fourth-order valence-corrected chi connectivity index (χ4v) is 3.00. The Morgan fingerprint density at radius 1 is 1.37 bits per heavy atom. The lowest BCUT2D eigenvalue weighted by Crippen LogP contribution is -2.22. The number of aromatic nitrogens is 2. The third-order valence-corrected chi connectivity index (χ3v) is 5.39. The van der Waals surface area contributed by atoms with Gasteiger partial charge in [0.15, 0.2) is 0 Å². The van der Waals surface area contributed by atoms with Crippen LogP contribution in [0.4, 0.5) is 5.69 Å². The Balaban J connectivity index is 2.08. The van der Waals surface area contributed by atoms with Gasteiger partial charge in [-0.15, -0.1) is 0 Å². The predicted molar refractivity (Wildman–Crippen MR) is 86.0 cm³/mol. The quantitative estimate of drug-likeness (QED) is 0.512. The largest absolute Gasteiger partial charge is 0.397 e. The summed E-state index contributed by atoms with van der Waals surface area (Å²) >= 11 is 3.51. The van der Waals surface area contributed by atoms with Crippen molar-refractivity contribution in [2.75, 3.05) is 12.3 Å². The second kappa shape index (κ2) is 5.64. The van der Waals surface area contributed by atoms with Crippen molar-refractivity contribution in [1.29, 1.82) is 0 Å².